The number of aromatic nitrogens is 5. The number of hydrogen-bond acceptors (Lipinski definition) is 5. The Morgan fingerprint density at radius 2 is 2.00 bits per heavy atom. The van der Waals surface area contributed by atoms with Gasteiger partial charge in [-0.25, -0.2) is 14.5 Å². The van der Waals surface area contributed by atoms with Gasteiger partial charge in [0.05, 0.1) is 11.7 Å². The Bertz CT molecular complexity index is 1140. The minimum Gasteiger partial charge on any atom is -0.350 e. The van der Waals surface area contributed by atoms with E-state index in [4.69, 9.17) is 0 Å². The SMILES string of the molecule is CN1CC2(CC(Nc3ncc4c(-c5ccc6nccn6c5)ccn4n3)C2)C1. The summed E-state index contributed by atoms with van der Waals surface area (Å²) in [7, 11) is 2.19. The molecule has 27 heavy (non-hydrogen) atoms. The largest absolute Gasteiger partial charge is 0.350 e. The van der Waals surface area contributed by atoms with Crippen LogP contribution in [-0.2, 0) is 0 Å². The molecule has 2 aliphatic rings. The molecule has 4 aromatic rings. The first-order chi connectivity index (χ1) is 13.2. The minimum atomic E-state index is 0.495. The average molecular weight is 359 g/mol. The first kappa shape index (κ1) is 15.2. The molecular formula is C20H21N7. The summed E-state index contributed by atoms with van der Waals surface area (Å²) in [5.41, 5.74) is 4.76. The summed E-state index contributed by atoms with van der Waals surface area (Å²) in [5, 5.41) is 8.17. The van der Waals surface area contributed by atoms with E-state index in [1.165, 1.54) is 25.9 Å². The van der Waals surface area contributed by atoms with Gasteiger partial charge in [0.15, 0.2) is 0 Å². The Kier molecular flexibility index (Phi) is 2.97. The summed E-state index contributed by atoms with van der Waals surface area (Å²) in [6.45, 7) is 2.46. The smallest absolute Gasteiger partial charge is 0.241 e. The van der Waals surface area contributed by atoms with Crippen LogP contribution in [0.1, 0.15) is 12.8 Å². The maximum Gasteiger partial charge on any atom is 0.241 e. The standard InChI is InChI=1S/C20H21N7/c1-25-12-20(13-25)8-15(9-20)23-19-22-10-17-16(4-6-27(17)24-19)14-2-3-18-21-5-7-26(18)11-14/h2-7,10-11,15H,8-9,12-13H2,1H3,(H,23,24). The molecule has 4 aromatic heterocycles. The highest BCUT2D eigenvalue weighted by molar-refractivity contribution is 5.80. The van der Waals surface area contributed by atoms with Crippen LogP contribution < -0.4 is 5.32 Å². The summed E-state index contributed by atoms with van der Waals surface area (Å²) < 4.78 is 3.94. The van der Waals surface area contributed by atoms with Crippen molar-refractivity contribution in [2.24, 2.45) is 5.41 Å². The van der Waals surface area contributed by atoms with Crippen molar-refractivity contribution in [3.05, 3.63) is 49.2 Å². The topological polar surface area (TPSA) is 62.8 Å². The van der Waals surface area contributed by atoms with Crippen LogP contribution in [0.15, 0.2) is 49.2 Å². The number of anilines is 1. The van der Waals surface area contributed by atoms with Gasteiger partial charge in [-0.2, -0.15) is 0 Å². The Morgan fingerprint density at radius 1 is 1.11 bits per heavy atom. The lowest BCUT2D eigenvalue weighted by Crippen LogP contribution is -2.63. The highest BCUT2D eigenvalue weighted by Gasteiger charge is 2.51. The average Bonchev–Trinajstić information content (AvgIpc) is 3.24. The highest BCUT2D eigenvalue weighted by Crippen LogP contribution is 2.48. The number of pyridine rings is 1. The molecule has 6 rings (SSSR count). The molecule has 136 valence electrons. The van der Waals surface area contributed by atoms with E-state index in [9.17, 15) is 0 Å². The number of nitrogens with one attached hydrogen (secondary N) is 1. The second-order valence-corrected chi connectivity index (χ2v) is 8.17. The highest BCUT2D eigenvalue weighted by atomic mass is 15.3. The van der Waals surface area contributed by atoms with E-state index in [1.807, 2.05) is 39.8 Å². The van der Waals surface area contributed by atoms with Gasteiger partial charge in [0.25, 0.3) is 0 Å². The van der Waals surface area contributed by atoms with Crippen LogP contribution in [-0.4, -0.2) is 55.1 Å². The minimum absolute atomic E-state index is 0.495. The lowest BCUT2D eigenvalue weighted by molar-refractivity contribution is -0.0514. The van der Waals surface area contributed by atoms with E-state index in [1.54, 1.807) is 0 Å². The Labute approximate surface area is 156 Å². The second-order valence-electron chi connectivity index (χ2n) is 8.17. The van der Waals surface area contributed by atoms with Crippen molar-refractivity contribution >= 4 is 17.1 Å². The van der Waals surface area contributed by atoms with Crippen LogP contribution in [0.5, 0.6) is 0 Å². The fourth-order valence-corrected chi connectivity index (χ4v) is 4.92. The summed E-state index contributed by atoms with van der Waals surface area (Å²) >= 11 is 0. The summed E-state index contributed by atoms with van der Waals surface area (Å²) in [6.07, 6.45) is 12.2. The molecule has 7 heteroatoms. The van der Waals surface area contributed by atoms with Crippen molar-refractivity contribution in [1.29, 1.82) is 0 Å². The van der Waals surface area contributed by atoms with E-state index < -0.39 is 0 Å². The maximum absolute atomic E-state index is 4.67. The Morgan fingerprint density at radius 3 is 2.85 bits per heavy atom. The van der Waals surface area contributed by atoms with E-state index in [0.717, 1.165) is 22.3 Å². The zero-order chi connectivity index (χ0) is 18.0. The molecule has 0 unspecified atom stereocenters. The predicted octanol–water partition coefficient (Wildman–Crippen LogP) is 2.55. The fourth-order valence-electron chi connectivity index (χ4n) is 4.92. The van der Waals surface area contributed by atoms with Gasteiger partial charge in [-0.05, 0) is 43.5 Å². The molecule has 7 nitrogen and oxygen atoms in total. The molecule has 1 aliphatic carbocycles. The zero-order valence-electron chi connectivity index (χ0n) is 15.2. The normalized spacial score (nSPS) is 19.4. The zero-order valence-corrected chi connectivity index (χ0v) is 15.2. The van der Waals surface area contributed by atoms with Gasteiger partial charge in [-0.1, -0.05) is 0 Å². The van der Waals surface area contributed by atoms with Crippen molar-refractivity contribution in [3.8, 4) is 11.1 Å². The third kappa shape index (κ3) is 2.35. The quantitative estimate of drug-likeness (QED) is 0.609. The number of likely N-dealkylation sites (tertiary alicyclic amines) is 1. The number of hydrogen-bond donors (Lipinski definition) is 1. The van der Waals surface area contributed by atoms with E-state index in [-0.39, 0.29) is 0 Å². The monoisotopic (exact) mass is 359 g/mol. The number of imidazole rings is 1. The summed E-state index contributed by atoms with van der Waals surface area (Å²) in [4.78, 5) is 11.3. The van der Waals surface area contributed by atoms with Crippen molar-refractivity contribution in [2.45, 2.75) is 18.9 Å². The molecule has 5 heterocycles. The van der Waals surface area contributed by atoms with Crippen LogP contribution in [0.3, 0.4) is 0 Å². The first-order valence-corrected chi connectivity index (χ1v) is 9.40. The van der Waals surface area contributed by atoms with Gasteiger partial charge in [-0.3, -0.25) is 0 Å². The van der Waals surface area contributed by atoms with Crippen molar-refractivity contribution < 1.29 is 0 Å². The number of rotatable bonds is 3. The van der Waals surface area contributed by atoms with Crippen LogP contribution in [0, 0.1) is 5.41 Å². The fraction of sp³-hybridized carbons (Fsp3) is 0.350. The van der Waals surface area contributed by atoms with Crippen LogP contribution >= 0.6 is 0 Å². The lowest BCUT2D eigenvalue weighted by Gasteiger charge is -2.58. The van der Waals surface area contributed by atoms with Crippen molar-refractivity contribution in [3.63, 3.8) is 0 Å². The molecule has 0 bridgehead atoms. The van der Waals surface area contributed by atoms with Gasteiger partial charge in [0.2, 0.25) is 5.95 Å². The molecule has 0 atom stereocenters. The molecule has 1 N–H and O–H groups in total. The Balaban J connectivity index is 1.25. The molecule has 0 radical (unpaired) electrons. The van der Waals surface area contributed by atoms with Gasteiger partial charge in [-0.15, -0.1) is 5.10 Å². The van der Waals surface area contributed by atoms with Gasteiger partial charge >= 0.3 is 0 Å². The van der Waals surface area contributed by atoms with Gasteiger partial charge in [0.1, 0.15) is 5.65 Å². The first-order valence-electron chi connectivity index (χ1n) is 9.40. The van der Waals surface area contributed by atoms with E-state index >= 15 is 0 Å². The molecule has 1 spiro atoms. The molecule has 0 amide bonds. The van der Waals surface area contributed by atoms with E-state index in [2.05, 4.69) is 50.7 Å². The third-order valence-corrected chi connectivity index (χ3v) is 6.02. The molecule has 1 aliphatic heterocycles. The van der Waals surface area contributed by atoms with Crippen LogP contribution in [0.25, 0.3) is 22.3 Å². The van der Waals surface area contributed by atoms with Gasteiger partial charge in [0, 0.05) is 55.0 Å². The lowest BCUT2D eigenvalue weighted by atomic mass is 9.61. The molecule has 0 aromatic carbocycles. The molecular weight excluding hydrogens is 338 g/mol. The van der Waals surface area contributed by atoms with Crippen molar-refractivity contribution in [1.82, 2.24) is 28.9 Å². The summed E-state index contributed by atoms with van der Waals surface area (Å²) in [6, 6.07) is 6.71. The van der Waals surface area contributed by atoms with E-state index in [0.29, 0.717) is 17.4 Å². The predicted molar refractivity (Wildman–Crippen MR) is 104 cm³/mol. The third-order valence-electron chi connectivity index (χ3n) is 6.02. The summed E-state index contributed by atoms with van der Waals surface area (Å²) in [5.74, 6) is 0.710. The number of fused-ring (bicyclic) bond motifs is 2. The van der Waals surface area contributed by atoms with Crippen molar-refractivity contribution in [2.75, 3.05) is 25.5 Å². The number of nitrogens with zero attached hydrogens (tertiary/aromatic N) is 6. The maximum atomic E-state index is 4.67. The molecule has 2 fully saturated rings. The Hall–Kier alpha value is -2.93. The second kappa shape index (κ2) is 5.29. The van der Waals surface area contributed by atoms with Gasteiger partial charge < -0.3 is 14.6 Å². The molecule has 1 saturated carbocycles. The molecule has 1 saturated heterocycles. The van der Waals surface area contributed by atoms with Crippen LogP contribution in [0.4, 0.5) is 5.95 Å². The van der Waals surface area contributed by atoms with Crippen LogP contribution in [0.2, 0.25) is 0 Å².